The van der Waals surface area contributed by atoms with Gasteiger partial charge < -0.3 is 16.4 Å². The predicted octanol–water partition coefficient (Wildman–Crippen LogP) is 0.546. The molecule has 1 aromatic rings. The molecule has 1 aliphatic rings. The fraction of sp³-hybridized carbons (Fsp3) is 0.429. The van der Waals surface area contributed by atoms with Crippen molar-refractivity contribution in [3.63, 3.8) is 0 Å². The summed E-state index contributed by atoms with van der Waals surface area (Å²) in [7, 11) is 0. The zero-order chi connectivity index (χ0) is 13.7. The summed E-state index contributed by atoms with van der Waals surface area (Å²) in [5, 5.41) is 5.46. The molecule has 0 bridgehead atoms. The number of benzene rings is 1. The Hall–Kier alpha value is -1.59. The van der Waals surface area contributed by atoms with Gasteiger partial charge in [-0.3, -0.25) is 9.59 Å². The molecule has 0 aromatic heterocycles. The van der Waals surface area contributed by atoms with Crippen LogP contribution in [0.2, 0.25) is 0 Å². The second-order valence-electron chi connectivity index (χ2n) is 4.76. The first-order valence-electron chi connectivity index (χ1n) is 6.53. The molecule has 5 nitrogen and oxygen atoms in total. The quantitative estimate of drug-likeness (QED) is 0.717. The molecule has 1 saturated carbocycles. The van der Waals surface area contributed by atoms with Crippen molar-refractivity contribution in [3.05, 3.63) is 35.9 Å². The van der Waals surface area contributed by atoms with Crippen molar-refractivity contribution in [1.82, 2.24) is 10.6 Å². The molecule has 0 aliphatic heterocycles. The van der Waals surface area contributed by atoms with Crippen LogP contribution in [0.15, 0.2) is 30.3 Å². The molecule has 1 atom stereocenters. The lowest BCUT2D eigenvalue weighted by molar-refractivity contribution is -0.126. The van der Waals surface area contributed by atoms with Crippen LogP contribution in [-0.2, 0) is 9.59 Å². The third-order valence-electron chi connectivity index (χ3n) is 3.12. The van der Waals surface area contributed by atoms with Crippen LogP contribution in [0, 0.1) is 0 Å². The largest absolute Gasteiger partial charge is 0.352 e. The molecule has 1 aliphatic carbocycles. The van der Waals surface area contributed by atoms with E-state index in [9.17, 15) is 9.59 Å². The molecule has 110 valence electrons. The van der Waals surface area contributed by atoms with E-state index in [0.29, 0.717) is 6.04 Å². The van der Waals surface area contributed by atoms with Crippen LogP contribution >= 0.6 is 12.4 Å². The smallest absolute Gasteiger partial charge is 0.239 e. The lowest BCUT2D eigenvalue weighted by Crippen LogP contribution is -2.41. The summed E-state index contributed by atoms with van der Waals surface area (Å²) in [4.78, 5) is 23.5. The van der Waals surface area contributed by atoms with Gasteiger partial charge >= 0.3 is 0 Å². The van der Waals surface area contributed by atoms with Gasteiger partial charge in [-0.1, -0.05) is 30.3 Å². The molecule has 2 amide bonds. The fourth-order valence-electron chi connectivity index (χ4n) is 1.88. The van der Waals surface area contributed by atoms with E-state index in [2.05, 4.69) is 10.6 Å². The molecule has 0 saturated heterocycles. The number of rotatable bonds is 6. The van der Waals surface area contributed by atoms with Gasteiger partial charge in [-0.25, -0.2) is 0 Å². The molecular formula is C14H20ClN3O2. The molecule has 20 heavy (non-hydrogen) atoms. The molecule has 1 aromatic carbocycles. The maximum absolute atomic E-state index is 12.0. The Morgan fingerprint density at radius 1 is 1.25 bits per heavy atom. The van der Waals surface area contributed by atoms with Crippen LogP contribution in [0.25, 0.3) is 0 Å². The Kier molecular flexibility index (Phi) is 6.48. The Morgan fingerprint density at radius 2 is 1.90 bits per heavy atom. The predicted molar refractivity (Wildman–Crippen MR) is 79.7 cm³/mol. The highest BCUT2D eigenvalue weighted by atomic mass is 35.5. The summed E-state index contributed by atoms with van der Waals surface area (Å²) in [5.41, 5.74) is 6.51. The van der Waals surface area contributed by atoms with E-state index in [1.165, 1.54) is 0 Å². The number of nitrogens with two attached hydrogens (primary N) is 1. The maximum atomic E-state index is 12.0. The van der Waals surface area contributed by atoms with E-state index < -0.39 is 5.92 Å². The number of halogens is 1. The topological polar surface area (TPSA) is 84.2 Å². The van der Waals surface area contributed by atoms with Crippen LogP contribution in [0.1, 0.15) is 24.3 Å². The highest BCUT2D eigenvalue weighted by Crippen LogP contribution is 2.18. The third-order valence-corrected chi connectivity index (χ3v) is 3.12. The van der Waals surface area contributed by atoms with Gasteiger partial charge in [-0.15, -0.1) is 12.4 Å². The molecule has 0 spiro atoms. The van der Waals surface area contributed by atoms with Crippen LogP contribution in [-0.4, -0.2) is 30.9 Å². The summed E-state index contributed by atoms with van der Waals surface area (Å²) < 4.78 is 0. The van der Waals surface area contributed by atoms with Gasteiger partial charge in [0.2, 0.25) is 11.8 Å². The fourth-order valence-corrected chi connectivity index (χ4v) is 1.88. The second-order valence-corrected chi connectivity index (χ2v) is 4.76. The maximum Gasteiger partial charge on any atom is 0.239 e. The van der Waals surface area contributed by atoms with Crippen LogP contribution < -0.4 is 16.4 Å². The van der Waals surface area contributed by atoms with E-state index in [-0.39, 0.29) is 37.3 Å². The average Bonchev–Trinajstić information content (AvgIpc) is 3.22. The van der Waals surface area contributed by atoms with Gasteiger partial charge in [-0.2, -0.15) is 0 Å². The van der Waals surface area contributed by atoms with Crippen molar-refractivity contribution < 1.29 is 9.59 Å². The number of carbonyl (C=O) groups is 2. The van der Waals surface area contributed by atoms with Gasteiger partial charge in [0, 0.05) is 12.6 Å². The SMILES string of the molecule is Cl.NCC(C(=O)NCC(=O)NC1CC1)c1ccccc1. The molecule has 0 heterocycles. The first kappa shape index (κ1) is 16.5. The number of hydrogen-bond acceptors (Lipinski definition) is 3. The normalized spacial score (nSPS) is 14.8. The molecule has 0 radical (unpaired) electrons. The van der Waals surface area contributed by atoms with Gasteiger partial charge in [0.15, 0.2) is 0 Å². The molecule has 6 heteroatoms. The minimum atomic E-state index is -0.407. The minimum Gasteiger partial charge on any atom is -0.352 e. The number of carbonyl (C=O) groups excluding carboxylic acids is 2. The summed E-state index contributed by atoms with van der Waals surface area (Å²) in [6.07, 6.45) is 2.07. The molecule has 2 rings (SSSR count). The van der Waals surface area contributed by atoms with Crippen LogP contribution in [0.4, 0.5) is 0 Å². The Morgan fingerprint density at radius 3 is 2.45 bits per heavy atom. The molecular weight excluding hydrogens is 278 g/mol. The van der Waals surface area contributed by atoms with Crippen molar-refractivity contribution in [2.75, 3.05) is 13.1 Å². The zero-order valence-corrected chi connectivity index (χ0v) is 12.0. The summed E-state index contributed by atoms with van der Waals surface area (Å²) in [6, 6.07) is 9.65. The average molecular weight is 298 g/mol. The second kappa shape index (κ2) is 7.87. The Balaban J connectivity index is 0.00000200. The third kappa shape index (κ3) is 4.83. The first-order chi connectivity index (χ1) is 9.20. The Labute approximate surface area is 124 Å². The van der Waals surface area contributed by atoms with Gasteiger partial charge in [0.25, 0.3) is 0 Å². The first-order valence-corrected chi connectivity index (χ1v) is 6.53. The van der Waals surface area contributed by atoms with E-state index in [4.69, 9.17) is 5.73 Å². The number of hydrogen-bond donors (Lipinski definition) is 3. The summed E-state index contributed by atoms with van der Waals surface area (Å²) in [5.74, 6) is -0.755. The number of nitrogens with one attached hydrogen (secondary N) is 2. The molecule has 1 fully saturated rings. The Bertz CT molecular complexity index is 449. The van der Waals surface area contributed by atoms with E-state index >= 15 is 0 Å². The van der Waals surface area contributed by atoms with E-state index in [0.717, 1.165) is 18.4 Å². The van der Waals surface area contributed by atoms with Crippen LogP contribution in [0.3, 0.4) is 0 Å². The van der Waals surface area contributed by atoms with Crippen molar-refractivity contribution in [2.24, 2.45) is 5.73 Å². The van der Waals surface area contributed by atoms with Crippen molar-refractivity contribution in [1.29, 1.82) is 0 Å². The monoisotopic (exact) mass is 297 g/mol. The minimum absolute atomic E-state index is 0. The summed E-state index contributed by atoms with van der Waals surface area (Å²) in [6.45, 7) is 0.235. The van der Waals surface area contributed by atoms with Crippen LogP contribution in [0.5, 0.6) is 0 Å². The standard InChI is InChI=1S/C14H19N3O2.ClH/c15-8-12(10-4-2-1-3-5-10)14(19)16-9-13(18)17-11-6-7-11;/h1-5,11-12H,6-9,15H2,(H,16,19)(H,17,18);1H. The lowest BCUT2D eigenvalue weighted by Gasteiger charge is -2.15. The summed E-state index contributed by atoms with van der Waals surface area (Å²) >= 11 is 0. The molecule has 1 unspecified atom stereocenters. The van der Waals surface area contributed by atoms with Gasteiger partial charge in [0.1, 0.15) is 0 Å². The lowest BCUT2D eigenvalue weighted by atomic mass is 9.98. The number of amides is 2. The molecule has 4 N–H and O–H groups in total. The highest BCUT2D eigenvalue weighted by Gasteiger charge is 2.24. The van der Waals surface area contributed by atoms with E-state index in [1.54, 1.807) is 0 Å². The highest BCUT2D eigenvalue weighted by molar-refractivity contribution is 5.88. The van der Waals surface area contributed by atoms with Gasteiger partial charge in [-0.05, 0) is 18.4 Å². The van der Waals surface area contributed by atoms with Crippen molar-refractivity contribution in [2.45, 2.75) is 24.8 Å². The zero-order valence-electron chi connectivity index (χ0n) is 11.2. The van der Waals surface area contributed by atoms with E-state index in [1.807, 2.05) is 30.3 Å². The van der Waals surface area contributed by atoms with Crippen molar-refractivity contribution in [3.8, 4) is 0 Å². The van der Waals surface area contributed by atoms with Crippen molar-refractivity contribution >= 4 is 24.2 Å². The van der Waals surface area contributed by atoms with Gasteiger partial charge in [0.05, 0.1) is 12.5 Å².